The highest BCUT2D eigenvalue weighted by molar-refractivity contribution is 6.45. The van der Waals surface area contributed by atoms with Crippen molar-refractivity contribution in [3.05, 3.63) is 35.9 Å². The van der Waals surface area contributed by atoms with Crippen LogP contribution in [-0.4, -0.2) is 24.2 Å². The van der Waals surface area contributed by atoms with Gasteiger partial charge in [0.05, 0.1) is 12.7 Å². The van der Waals surface area contributed by atoms with Crippen LogP contribution in [0, 0.1) is 0 Å². The maximum absolute atomic E-state index is 9.13. The predicted molar refractivity (Wildman–Crippen MR) is 65.0 cm³/mol. The van der Waals surface area contributed by atoms with Crippen molar-refractivity contribution in [3.63, 3.8) is 0 Å². The molecule has 0 heterocycles. The molecule has 0 bridgehead atoms. The van der Waals surface area contributed by atoms with Crippen LogP contribution in [0.4, 0.5) is 0 Å². The van der Waals surface area contributed by atoms with Crippen molar-refractivity contribution in [2.75, 3.05) is 0 Å². The lowest BCUT2D eigenvalue weighted by atomic mass is 9.80. The van der Waals surface area contributed by atoms with Crippen molar-refractivity contribution in [2.45, 2.75) is 38.4 Å². The first-order chi connectivity index (χ1) is 7.74. The van der Waals surface area contributed by atoms with E-state index in [1.165, 1.54) is 5.56 Å². The summed E-state index contributed by atoms with van der Waals surface area (Å²) in [5.41, 5.74) is 1.22. The van der Waals surface area contributed by atoms with Crippen molar-refractivity contribution < 1.29 is 9.76 Å². The quantitative estimate of drug-likeness (QED) is 0.736. The van der Waals surface area contributed by atoms with Gasteiger partial charge in [-0.1, -0.05) is 30.3 Å². The Morgan fingerprint density at radius 3 is 2.69 bits per heavy atom. The maximum atomic E-state index is 9.13. The van der Waals surface area contributed by atoms with Gasteiger partial charge in [-0.2, -0.15) is 0 Å². The minimum absolute atomic E-state index is 0.344. The van der Waals surface area contributed by atoms with E-state index in [9.17, 15) is 0 Å². The van der Waals surface area contributed by atoms with Crippen molar-refractivity contribution >= 4 is 7.05 Å². The van der Waals surface area contributed by atoms with E-state index in [4.69, 9.17) is 9.76 Å². The minimum atomic E-state index is -0.417. The molecule has 1 fully saturated rings. The summed E-state index contributed by atoms with van der Waals surface area (Å²) in [6.07, 6.45) is 2.34. The zero-order valence-corrected chi connectivity index (χ0v) is 9.60. The monoisotopic (exact) mass is 219 g/mol. The molecule has 1 aromatic carbocycles. The van der Waals surface area contributed by atoms with Crippen LogP contribution in [0.2, 0.25) is 6.82 Å². The van der Waals surface area contributed by atoms with Gasteiger partial charge in [0.2, 0.25) is 0 Å². The van der Waals surface area contributed by atoms with Gasteiger partial charge in [-0.05, 0) is 25.2 Å². The molecular weight excluding hydrogens is 201 g/mol. The van der Waals surface area contributed by atoms with Crippen LogP contribution >= 0.6 is 0 Å². The summed E-state index contributed by atoms with van der Waals surface area (Å²) in [4.78, 5) is 0. The first-order valence-electron chi connectivity index (χ1n) is 5.83. The van der Waals surface area contributed by atoms with E-state index in [1.54, 1.807) is 6.82 Å². The van der Waals surface area contributed by atoms with Crippen molar-refractivity contribution in [1.82, 2.24) is 5.23 Å². The first-order valence-corrected chi connectivity index (χ1v) is 5.83. The second-order valence-corrected chi connectivity index (χ2v) is 4.43. The lowest BCUT2D eigenvalue weighted by Gasteiger charge is -2.36. The molecule has 0 atom stereocenters. The number of ether oxygens (including phenoxy) is 1. The molecule has 2 N–H and O–H groups in total. The summed E-state index contributed by atoms with van der Waals surface area (Å²) in [6, 6.07) is 10.6. The van der Waals surface area contributed by atoms with Gasteiger partial charge in [0.1, 0.15) is 0 Å². The van der Waals surface area contributed by atoms with Gasteiger partial charge in [0.15, 0.2) is 0 Å². The first kappa shape index (κ1) is 11.6. The van der Waals surface area contributed by atoms with Crippen LogP contribution in [0.25, 0.3) is 0 Å². The SMILES string of the molecule is CB(O)NC1CC(OCc2ccccc2)C1. The molecule has 0 spiro atoms. The van der Waals surface area contributed by atoms with Gasteiger partial charge in [-0.3, -0.25) is 0 Å². The zero-order chi connectivity index (χ0) is 11.4. The van der Waals surface area contributed by atoms with E-state index < -0.39 is 7.05 Å². The van der Waals surface area contributed by atoms with Gasteiger partial charge in [-0.15, -0.1) is 0 Å². The average Bonchev–Trinajstić information content (AvgIpc) is 2.22. The maximum Gasteiger partial charge on any atom is 0.373 e. The van der Waals surface area contributed by atoms with E-state index in [2.05, 4.69) is 17.4 Å². The van der Waals surface area contributed by atoms with Crippen molar-refractivity contribution in [2.24, 2.45) is 0 Å². The van der Waals surface area contributed by atoms with E-state index >= 15 is 0 Å². The van der Waals surface area contributed by atoms with Gasteiger partial charge >= 0.3 is 7.05 Å². The Morgan fingerprint density at radius 1 is 1.38 bits per heavy atom. The van der Waals surface area contributed by atoms with E-state index in [0.717, 1.165) is 12.8 Å². The summed E-state index contributed by atoms with van der Waals surface area (Å²) < 4.78 is 5.75. The molecule has 0 saturated heterocycles. The van der Waals surface area contributed by atoms with Crippen LogP contribution in [0.15, 0.2) is 30.3 Å². The highest BCUT2D eigenvalue weighted by Crippen LogP contribution is 2.24. The fourth-order valence-corrected chi connectivity index (χ4v) is 1.97. The normalized spacial score (nSPS) is 23.9. The molecule has 2 rings (SSSR count). The molecule has 0 aliphatic heterocycles. The van der Waals surface area contributed by atoms with Crippen LogP contribution in [0.1, 0.15) is 18.4 Å². The van der Waals surface area contributed by atoms with E-state index in [-0.39, 0.29) is 0 Å². The summed E-state index contributed by atoms with van der Waals surface area (Å²) in [6.45, 7) is 2.44. The predicted octanol–water partition coefficient (Wildman–Crippen LogP) is 1.43. The Balaban J connectivity index is 1.63. The summed E-state index contributed by atoms with van der Waals surface area (Å²) in [5.74, 6) is 0. The minimum Gasteiger partial charge on any atom is -0.437 e. The fourth-order valence-electron chi connectivity index (χ4n) is 1.97. The Kier molecular flexibility index (Phi) is 3.99. The molecule has 0 radical (unpaired) electrons. The van der Waals surface area contributed by atoms with E-state index in [1.807, 2.05) is 18.2 Å². The molecular formula is C12H18BNO2. The molecule has 4 heteroatoms. The van der Waals surface area contributed by atoms with Gasteiger partial charge < -0.3 is 15.0 Å². The Bertz CT molecular complexity index is 312. The molecule has 1 aliphatic carbocycles. The molecule has 0 unspecified atom stereocenters. The van der Waals surface area contributed by atoms with Crippen LogP contribution in [0.5, 0.6) is 0 Å². The molecule has 1 saturated carbocycles. The second kappa shape index (κ2) is 5.48. The third kappa shape index (κ3) is 3.34. The smallest absolute Gasteiger partial charge is 0.373 e. The zero-order valence-electron chi connectivity index (χ0n) is 9.60. The molecule has 1 aliphatic rings. The highest BCUT2D eigenvalue weighted by atomic mass is 16.5. The van der Waals surface area contributed by atoms with Gasteiger partial charge in [0.25, 0.3) is 0 Å². The number of rotatable bonds is 5. The van der Waals surface area contributed by atoms with Crippen LogP contribution < -0.4 is 5.23 Å². The molecule has 0 amide bonds. The van der Waals surface area contributed by atoms with Crippen molar-refractivity contribution in [3.8, 4) is 0 Å². The summed E-state index contributed by atoms with van der Waals surface area (Å²) >= 11 is 0. The number of nitrogens with one attached hydrogen (secondary N) is 1. The largest absolute Gasteiger partial charge is 0.437 e. The highest BCUT2D eigenvalue weighted by Gasteiger charge is 2.30. The summed E-state index contributed by atoms with van der Waals surface area (Å²) in [7, 11) is -0.417. The molecule has 0 aromatic heterocycles. The third-order valence-electron chi connectivity index (χ3n) is 2.90. The third-order valence-corrected chi connectivity index (χ3v) is 2.90. The molecule has 3 nitrogen and oxygen atoms in total. The lowest BCUT2D eigenvalue weighted by Crippen LogP contribution is -2.50. The average molecular weight is 219 g/mol. The second-order valence-electron chi connectivity index (χ2n) is 4.43. The fraction of sp³-hybridized carbons (Fsp3) is 0.500. The van der Waals surface area contributed by atoms with Gasteiger partial charge in [-0.25, -0.2) is 0 Å². The van der Waals surface area contributed by atoms with Crippen LogP contribution in [-0.2, 0) is 11.3 Å². The van der Waals surface area contributed by atoms with Crippen molar-refractivity contribution in [1.29, 1.82) is 0 Å². The summed E-state index contributed by atoms with van der Waals surface area (Å²) in [5, 5.41) is 12.2. The van der Waals surface area contributed by atoms with Gasteiger partial charge in [0, 0.05) is 6.04 Å². The lowest BCUT2D eigenvalue weighted by molar-refractivity contribution is -0.0229. The topological polar surface area (TPSA) is 41.5 Å². The number of hydrogen-bond donors (Lipinski definition) is 2. The number of hydrogen-bond acceptors (Lipinski definition) is 3. The number of benzene rings is 1. The molecule has 86 valence electrons. The Morgan fingerprint density at radius 2 is 2.06 bits per heavy atom. The molecule has 16 heavy (non-hydrogen) atoms. The van der Waals surface area contributed by atoms with Crippen LogP contribution in [0.3, 0.4) is 0 Å². The Labute approximate surface area is 97.0 Å². The standard InChI is InChI=1S/C12H18BNO2/c1-13(15)14-11-7-12(8-11)16-9-10-5-3-2-4-6-10/h2-6,11-12,14-15H,7-9H2,1H3. The van der Waals surface area contributed by atoms with E-state index in [0.29, 0.717) is 18.8 Å². The molecule has 1 aromatic rings. The Hall–Kier alpha value is -0.835.